The van der Waals surface area contributed by atoms with Crippen LogP contribution >= 0.6 is 0 Å². The zero-order chi connectivity index (χ0) is 57.4. The molecule has 6 atom stereocenters. The molecule has 0 radical (unpaired) electrons. The van der Waals surface area contributed by atoms with E-state index >= 15 is 0 Å². The Hall–Kier alpha value is -1.07. The van der Waals surface area contributed by atoms with Gasteiger partial charge in [0.05, 0.1) is 36.6 Å². The first-order valence-electron chi connectivity index (χ1n) is 28.3. The van der Waals surface area contributed by atoms with Crippen LogP contribution in [0.4, 0.5) is 0 Å². The van der Waals surface area contributed by atoms with Crippen LogP contribution in [0.15, 0.2) is 12.2 Å². The predicted molar refractivity (Wildman–Crippen MR) is 307 cm³/mol. The number of carbonyl (C=O) groups is 1. The lowest BCUT2D eigenvalue weighted by Gasteiger charge is -2.26. The molecule has 0 bridgehead atoms. The lowest BCUT2D eigenvalue weighted by molar-refractivity contribution is -0.162. The molecule has 9 heteroatoms. The van der Waals surface area contributed by atoms with Crippen LogP contribution in [0.2, 0.25) is 0 Å². The highest BCUT2D eigenvalue weighted by molar-refractivity contribution is 5.77. The van der Waals surface area contributed by atoms with Crippen molar-refractivity contribution in [3.63, 3.8) is 0 Å². The summed E-state index contributed by atoms with van der Waals surface area (Å²) in [7, 11) is 0. The van der Waals surface area contributed by atoms with Crippen molar-refractivity contribution >= 4 is 5.97 Å². The van der Waals surface area contributed by atoms with Gasteiger partial charge in [-0.3, -0.25) is 0 Å². The Kier molecular flexibility index (Phi) is 57.9. The van der Waals surface area contributed by atoms with Crippen molar-refractivity contribution in [1.82, 2.24) is 0 Å². The van der Waals surface area contributed by atoms with E-state index in [-0.39, 0.29) is 47.3 Å². The molecule has 430 valence electrons. The Labute approximate surface area is 438 Å². The van der Waals surface area contributed by atoms with Crippen molar-refractivity contribution in [2.75, 3.05) is 0 Å². The maximum Gasteiger partial charge on any atom is 0.335 e. The van der Waals surface area contributed by atoms with E-state index in [0.717, 1.165) is 23.7 Å². The second-order valence-corrected chi connectivity index (χ2v) is 25.6. The molecule has 8 N–H and O–H groups in total. The van der Waals surface area contributed by atoms with Gasteiger partial charge in [0, 0.05) is 0 Å². The SMILES string of the molecule is CC(C)/C=C/C(C)C.CC(C)CC(O)(CC(C)C)C(=O)O.CC(C)CCC(C)C.CC(C)CCCCCC(C)C.CC(C)[C@@H](O)[C@@H](O)C(C)C.CC(C)[C@@H](O)[C@H](O)C(C)C.CC(C)[C@H](O)[C@@H](O)C(C)C. The van der Waals surface area contributed by atoms with Crippen LogP contribution in [0.25, 0.3) is 0 Å². The largest absolute Gasteiger partial charge is 0.479 e. The molecule has 0 aliphatic rings. The molecule has 0 aliphatic heterocycles. The van der Waals surface area contributed by atoms with Gasteiger partial charge in [-0.1, -0.05) is 251 Å². The summed E-state index contributed by atoms with van der Waals surface area (Å²) in [6.07, 6.45) is 11.5. The van der Waals surface area contributed by atoms with Gasteiger partial charge in [0.2, 0.25) is 0 Å². The highest BCUT2D eigenvalue weighted by atomic mass is 16.4. The van der Waals surface area contributed by atoms with Gasteiger partial charge in [0.25, 0.3) is 0 Å². The smallest absolute Gasteiger partial charge is 0.335 e. The van der Waals surface area contributed by atoms with Gasteiger partial charge < -0.3 is 40.9 Å². The van der Waals surface area contributed by atoms with Crippen molar-refractivity contribution in [3.05, 3.63) is 12.2 Å². The van der Waals surface area contributed by atoms with Crippen molar-refractivity contribution in [2.24, 2.45) is 82.9 Å². The van der Waals surface area contributed by atoms with Crippen molar-refractivity contribution in [1.29, 1.82) is 0 Å². The molecular formula is C61H132O9. The summed E-state index contributed by atoms with van der Waals surface area (Å²) < 4.78 is 0. The molecule has 0 aromatic heterocycles. The Balaban J connectivity index is -0.000000133. The first-order chi connectivity index (χ1) is 31.5. The topological polar surface area (TPSA) is 179 Å². The fourth-order valence-corrected chi connectivity index (χ4v) is 6.37. The van der Waals surface area contributed by atoms with Gasteiger partial charge >= 0.3 is 5.97 Å². The van der Waals surface area contributed by atoms with Gasteiger partial charge in [0.15, 0.2) is 5.60 Å². The highest BCUT2D eigenvalue weighted by Gasteiger charge is 2.37. The zero-order valence-electron chi connectivity index (χ0n) is 52.1. The molecule has 0 aromatic carbocycles. The number of hydrogen-bond acceptors (Lipinski definition) is 8. The van der Waals surface area contributed by atoms with E-state index in [2.05, 4.69) is 95.2 Å². The third kappa shape index (κ3) is 61.2. The minimum absolute atomic E-state index is 0.136. The van der Waals surface area contributed by atoms with Crippen molar-refractivity contribution in [3.8, 4) is 0 Å². The molecular weight excluding hydrogens is 877 g/mol. The summed E-state index contributed by atoms with van der Waals surface area (Å²) in [5, 5.41) is 74.6. The predicted octanol–water partition coefficient (Wildman–Crippen LogP) is 15.1. The van der Waals surface area contributed by atoms with E-state index in [1.54, 1.807) is 0 Å². The lowest BCUT2D eigenvalue weighted by atomic mass is 9.85. The van der Waals surface area contributed by atoms with Crippen molar-refractivity contribution in [2.45, 2.75) is 294 Å². The van der Waals surface area contributed by atoms with Gasteiger partial charge in [-0.2, -0.15) is 0 Å². The monoisotopic (exact) mass is 1010 g/mol. The average molecular weight is 1010 g/mol. The first kappa shape index (κ1) is 82.9. The molecule has 0 aliphatic carbocycles. The van der Waals surface area contributed by atoms with Crippen LogP contribution in [-0.2, 0) is 4.79 Å². The second-order valence-electron chi connectivity index (χ2n) is 25.6. The van der Waals surface area contributed by atoms with Gasteiger partial charge in [-0.25, -0.2) is 4.79 Å². The maximum absolute atomic E-state index is 10.8. The normalized spacial score (nSPS) is 14.5. The average Bonchev–Trinajstić information content (AvgIpc) is 3.20. The number of aliphatic hydroxyl groups excluding tert-OH is 6. The summed E-state index contributed by atoms with van der Waals surface area (Å²) in [5.41, 5.74) is -1.54. The molecule has 0 saturated heterocycles. The van der Waals surface area contributed by atoms with E-state index in [1.165, 1.54) is 44.9 Å². The number of hydrogen-bond donors (Lipinski definition) is 8. The zero-order valence-corrected chi connectivity index (χ0v) is 52.1. The molecule has 0 unspecified atom stereocenters. The summed E-state index contributed by atoms with van der Waals surface area (Å²) in [6.45, 7) is 57.6. The fraction of sp³-hybridized carbons (Fsp3) is 0.951. The van der Waals surface area contributed by atoms with E-state index in [4.69, 9.17) is 5.11 Å². The summed E-state index contributed by atoms with van der Waals surface area (Å²) in [5.74, 6) is 5.08. The molecule has 0 spiro atoms. The van der Waals surface area contributed by atoms with Gasteiger partial charge in [-0.05, 0) is 95.7 Å². The minimum atomic E-state index is -1.54. The van der Waals surface area contributed by atoms with E-state index in [9.17, 15) is 40.5 Å². The number of aliphatic carboxylic acids is 1. The Morgan fingerprint density at radius 3 is 0.629 bits per heavy atom. The Morgan fingerprint density at radius 2 is 0.514 bits per heavy atom. The first-order valence-corrected chi connectivity index (χ1v) is 28.3. The number of carboxylic acid groups (broad SMARTS) is 1. The molecule has 70 heavy (non-hydrogen) atoms. The number of rotatable bonds is 25. The van der Waals surface area contributed by atoms with Crippen LogP contribution in [0.1, 0.15) is 252 Å². The maximum atomic E-state index is 10.8. The van der Waals surface area contributed by atoms with E-state index in [1.807, 2.05) is 111 Å². The van der Waals surface area contributed by atoms with Gasteiger partial charge in [0.1, 0.15) is 0 Å². The quantitative estimate of drug-likeness (QED) is 0.0326. The standard InChI is InChI=1S/C11H24.C10H20O3.3C8H18O2.C8H18.C8H16/c1-10(2)8-6-5-7-9-11(3)4;1-7(2)5-10(13,9(11)12)6-8(3)4;3*1-5(2)7(9)8(10)6(3)4;2*1-7(2)5-6-8(3)4/h10-11H,5-9H2,1-4H3;7-8,13H,5-6H2,1-4H3,(H,11,12);3*5-10H,1-4H3;7-8H,5-6H2,1-4H3;5-8H,1-4H3/b;;;;;;6-5+/t;;7-,8+;2*7-,8-;;/m...10../s1. The van der Waals surface area contributed by atoms with E-state index < -0.39 is 48.2 Å². The number of aliphatic hydroxyl groups is 7. The van der Waals surface area contributed by atoms with Gasteiger partial charge in [-0.15, -0.1) is 0 Å². The van der Waals surface area contributed by atoms with Crippen LogP contribution in [-0.4, -0.2) is 89.0 Å². The van der Waals surface area contributed by atoms with Crippen LogP contribution in [0, 0.1) is 82.9 Å². The third-order valence-corrected chi connectivity index (χ3v) is 11.3. The summed E-state index contributed by atoms with van der Waals surface area (Å²) in [6, 6.07) is 0. The second kappa shape index (κ2) is 48.8. The summed E-state index contributed by atoms with van der Waals surface area (Å²) >= 11 is 0. The van der Waals surface area contributed by atoms with Crippen LogP contribution in [0.5, 0.6) is 0 Å². The third-order valence-electron chi connectivity index (χ3n) is 11.3. The molecule has 9 nitrogen and oxygen atoms in total. The molecule has 0 fully saturated rings. The van der Waals surface area contributed by atoms with E-state index in [0.29, 0.717) is 24.7 Å². The highest BCUT2D eigenvalue weighted by Crippen LogP contribution is 2.25. The fourth-order valence-electron chi connectivity index (χ4n) is 6.37. The minimum Gasteiger partial charge on any atom is -0.479 e. The number of carboxylic acids is 1. The molecule has 0 amide bonds. The Morgan fingerprint density at radius 1 is 0.329 bits per heavy atom. The molecule has 0 rings (SSSR count). The Bertz CT molecular complexity index is 975. The molecule has 0 heterocycles. The van der Waals surface area contributed by atoms with Crippen LogP contribution in [0.3, 0.4) is 0 Å². The summed E-state index contributed by atoms with van der Waals surface area (Å²) in [4.78, 5) is 10.8. The van der Waals surface area contributed by atoms with Crippen molar-refractivity contribution < 1.29 is 45.6 Å². The molecule has 0 aromatic rings. The lowest BCUT2D eigenvalue weighted by Crippen LogP contribution is -2.41. The van der Waals surface area contributed by atoms with Crippen LogP contribution < -0.4 is 0 Å². The number of unbranched alkanes of at least 4 members (excludes halogenated alkanes) is 2. The molecule has 0 saturated carbocycles. The number of allylic oxidation sites excluding steroid dienone is 2.